The zero-order valence-electron chi connectivity index (χ0n) is 16.5. The van der Waals surface area contributed by atoms with Gasteiger partial charge < -0.3 is 10.1 Å². The van der Waals surface area contributed by atoms with Crippen LogP contribution in [0, 0.1) is 0 Å². The summed E-state index contributed by atoms with van der Waals surface area (Å²) in [6.45, 7) is 2.71. The number of carbonyl (C=O) groups is 1. The van der Waals surface area contributed by atoms with Crippen molar-refractivity contribution in [3.05, 3.63) is 66.7 Å². The number of ether oxygens (including phenoxy) is 1. The number of nitrogens with zero attached hydrogens (tertiary/aromatic N) is 3. The maximum absolute atomic E-state index is 12.3. The predicted octanol–water partition coefficient (Wildman–Crippen LogP) is 1.65. The number of amides is 1. The van der Waals surface area contributed by atoms with Crippen LogP contribution in [0.5, 0.6) is 5.75 Å². The first-order chi connectivity index (χ1) is 14.5. The van der Waals surface area contributed by atoms with Gasteiger partial charge in [-0.15, -0.1) is 0 Å². The number of hydrogen-bond donors (Lipinski definition) is 2. The van der Waals surface area contributed by atoms with Crippen molar-refractivity contribution in [2.45, 2.75) is 24.8 Å². The summed E-state index contributed by atoms with van der Waals surface area (Å²) >= 11 is 0. The number of carbonyl (C=O) groups excluding carboxylic acids is 1. The van der Waals surface area contributed by atoms with E-state index in [1.807, 2.05) is 31.2 Å². The van der Waals surface area contributed by atoms with Gasteiger partial charge in [0.05, 0.1) is 17.2 Å². The number of hydrogen-bond acceptors (Lipinski definition) is 6. The molecule has 0 unspecified atom stereocenters. The van der Waals surface area contributed by atoms with Gasteiger partial charge in [0.1, 0.15) is 18.4 Å². The van der Waals surface area contributed by atoms with Crippen LogP contribution in [0.25, 0.3) is 5.69 Å². The molecule has 9 nitrogen and oxygen atoms in total. The Morgan fingerprint density at radius 2 is 1.83 bits per heavy atom. The molecule has 0 saturated heterocycles. The molecule has 10 heteroatoms. The SMILES string of the molecule is CCOc1ccc(S(=O)(=O)NCCC(=O)NCc2ccc(-n3cncn3)cc2)cc1. The molecule has 0 fully saturated rings. The van der Waals surface area contributed by atoms with Gasteiger partial charge in [-0.1, -0.05) is 12.1 Å². The summed E-state index contributed by atoms with van der Waals surface area (Å²) in [6, 6.07) is 13.6. The third kappa shape index (κ3) is 5.88. The van der Waals surface area contributed by atoms with Crippen LogP contribution in [0.3, 0.4) is 0 Å². The highest BCUT2D eigenvalue weighted by atomic mass is 32.2. The van der Waals surface area contributed by atoms with Gasteiger partial charge in [-0.25, -0.2) is 22.8 Å². The fourth-order valence-corrected chi connectivity index (χ4v) is 3.69. The van der Waals surface area contributed by atoms with E-state index in [0.29, 0.717) is 18.9 Å². The second-order valence-corrected chi connectivity index (χ2v) is 8.10. The van der Waals surface area contributed by atoms with Gasteiger partial charge in [0.25, 0.3) is 0 Å². The predicted molar refractivity (Wildman–Crippen MR) is 111 cm³/mol. The molecule has 1 amide bonds. The van der Waals surface area contributed by atoms with E-state index < -0.39 is 10.0 Å². The van der Waals surface area contributed by atoms with Crippen LogP contribution in [0.2, 0.25) is 0 Å². The molecule has 1 heterocycles. The topological polar surface area (TPSA) is 115 Å². The molecule has 30 heavy (non-hydrogen) atoms. The van der Waals surface area contributed by atoms with Crippen LogP contribution in [0.15, 0.2) is 66.1 Å². The first-order valence-corrected chi connectivity index (χ1v) is 10.9. The van der Waals surface area contributed by atoms with Gasteiger partial charge in [-0.2, -0.15) is 5.10 Å². The van der Waals surface area contributed by atoms with Gasteiger partial charge in [0.15, 0.2) is 0 Å². The number of benzene rings is 2. The summed E-state index contributed by atoms with van der Waals surface area (Å²) in [6.07, 6.45) is 3.09. The van der Waals surface area contributed by atoms with E-state index in [2.05, 4.69) is 20.1 Å². The van der Waals surface area contributed by atoms with Crippen molar-refractivity contribution in [1.82, 2.24) is 24.8 Å². The highest BCUT2D eigenvalue weighted by Crippen LogP contribution is 2.15. The fourth-order valence-electron chi connectivity index (χ4n) is 2.66. The monoisotopic (exact) mass is 429 g/mol. The van der Waals surface area contributed by atoms with Crippen molar-refractivity contribution >= 4 is 15.9 Å². The molecule has 0 saturated carbocycles. The molecule has 0 spiro atoms. The lowest BCUT2D eigenvalue weighted by Gasteiger charge is -2.09. The Labute approximate surface area is 175 Å². The summed E-state index contributed by atoms with van der Waals surface area (Å²) in [5.41, 5.74) is 1.79. The van der Waals surface area contributed by atoms with E-state index >= 15 is 0 Å². The van der Waals surface area contributed by atoms with Crippen LogP contribution in [0.4, 0.5) is 0 Å². The number of aromatic nitrogens is 3. The maximum Gasteiger partial charge on any atom is 0.240 e. The highest BCUT2D eigenvalue weighted by Gasteiger charge is 2.14. The molecule has 0 atom stereocenters. The summed E-state index contributed by atoms with van der Waals surface area (Å²) < 4.78 is 34.0. The van der Waals surface area contributed by atoms with Crippen LogP contribution in [0.1, 0.15) is 18.9 Å². The molecule has 3 rings (SSSR count). The van der Waals surface area contributed by atoms with Crippen LogP contribution in [-0.4, -0.2) is 42.2 Å². The third-order valence-electron chi connectivity index (χ3n) is 4.20. The molecule has 0 aliphatic rings. The van der Waals surface area contributed by atoms with E-state index in [-0.39, 0.29) is 23.8 Å². The molecule has 0 aliphatic heterocycles. The second kappa shape index (κ2) is 9.99. The maximum atomic E-state index is 12.3. The molecular formula is C20H23N5O4S. The van der Waals surface area contributed by atoms with Gasteiger partial charge >= 0.3 is 0 Å². The Balaban J connectivity index is 1.43. The van der Waals surface area contributed by atoms with Gasteiger partial charge in [-0.3, -0.25) is 4.79 Å². The third-order valence-corrected chi connectivity index (χ3v) is 5.68. The Kier molecular flexibility index (Phi) is 7.15. The van der Waals surface area contributed by atoms with Crippen molar-refractivity contribution in [2.75, 3.05) is 13.2 Å². The van der Waals surface area contributed by atoms with Crippen LogP contribution in [-0.2, 0) is 21.4 Å². The Morgan fingerprint density at radius 1 is 1.10 bits per heavy atom. The minimum absolute atomic E-state index is 0.00656. The standard InChI is InChI=1S/C20H23N5O4S/c1-2-29-18-7-9-19(10-8-18)30(27,28)24-12-11-20(26)22-13-16-3-5-17(6-4-16)25-15-21-14-23-25/h3-10,14-15,24H,2,11-13H2,1H3,(H,22,26). The number of sulfonamides is 1. The Hall–Kier alpha value is -3.24. The number of nitrogens with one attached hydrogen (secondary N) is 2. The molecule has 158 valence electrons. The lowest BCUT2D eigenvalue weighted by atomic mass is 10.2. The van der Waals surface area contributed by atoms with Crippen molar-refractivity contribution < 1.29 is 17.9 Å². The summed E-state index contributed by atoms with van der Waals surface area (Å²) in [4.78, 5) is 16.0. The van der Waals surface area contributed by atoms with Crippen molar-refractivity contribution in [2.24, 2.45) is 0 Å². The first-order valence-electron chi connectivity index (χ1n) is 9.41. The molecule has 3 aromatic rings. The van der Waals surface area contributed by atoms with Crippen molar-refractivity contribution in [3.63, 3.8) is 0 Å². The lowest BCUT2D eigenvalue weighted by Crippen LogP contribution is -2.30. The summed E-state index contributed by atoms with van der Waals surface area (Å²) in [7, 11) is -3.68. The molecule has 0 radical (unpaired) electrons. The molecular weight excluding hydrogens is 406 g/mol. The molecule has 2 N–H and O–H groups in total. The summed E-state index contributed by atoms with van der Waals surface area (Å²) in [5, 5.41) is 6.83. The Morgan fingerprint density at radius 3 is 2.47 bits per heavy atom. The number of rotatable bonds is 10. The van der Waals surface area contributed by atoms with Crippen LogP contribution < -0.4 is 14.8 Å². The largest absolute Gasteiger partial charge is 0.494 e. The van der Waals surface area contributed by atoms with E-state index in [0.717, 1.165) is 11.3 Å². The van der Waals surface area contributed by atoms with Gasteiger partial charge in [0, 0.05) is 19.5 Å². The average molecular weight is 430 g/mol. The van der Waals surface area contributed by atoms with Gasteiger partial charge in [0.2, 0.25) is 15.9 Å². The molecule has 0 aliphatic carbocycles. The smallest absolute Gasteiger partial charge is 0.240 e. The first kappa shape index (κ1) is 21.5. The van der Waals surface area contributed by atoms with E-state index in [9.17, 15) is 13.2 Å². The zero-order valence-corrected chi connectivity index (χ0v) is 17.3. The quantitative estimate of drug-likeness (QED) is 0.506. The van der Waals surface area contributed by atoms with Crippen LogP contribution >= 0.6 is 0 Å². The van der Waals surface area contributed by atoms with Gasteiger partial charge in [-0.05, 0) is 48.9 Å². The minimum Gasteiger partial charge on any atom is -0.494 e. The Bertz CT molecular complexity index is 1050. The molecule has 0 bridgehead atoms. The zero-order chi connectivity index (χ0) is 21.4. The summed E-state index contributed by atoms with van der Waals surface area (Å²) in [5.74, 6) is 0.356. The highest BCUT2D eigenvalue weighted by molar-refractivity contribution is 7.89. The molecule has 2 aromatic carbocycles. The van der Waals surface area contributed by atoms with E-state index in [1.54, 1.807) is 23.1 Å². The van der Waals surface area contributed by atoms with Crippen molar-refractivity contribution in [3.8, 4) is 11.4 Å². The minimum atomic E-state index is -3.68. The lowest BCUT2D eigenvalue weighted by molar-refractivity contribution is -0.121. The normalized spacial score (nSPS) is 11.2. The fraction of sp³-hybridized carbons (Fsp3) is 0.250. The second-order valence-electron chi connectivity index (χ2n) is 6.34. The van der Waals surface area contributed by atoms with Crippen molar-refractivity contribution in [1.29, 1.82) is 0 Å². The average Bonchev–Trinajstić information content (AvgIpc) is 3.28. The van der Waals surface area contributed by atoms with E-state index in [1.165, 1.54) is 18.5 Å². The van der Waals surface area contributed by atoms with E-state index in [4.69, 9.17) is 4.74 Å². The molecule has 1 aromatic heterocycles.